The van der Waals surface area contributed by atoms with Crippen LogP contribution in [0.15, 0.2) is 0 Å². The van der Waals surface area contributed by atoms with E-state index in [0.29, 0.717) is 32.5 Å². The average molecular weight is 297 g/mol. The first-order chi connectivity index (χ1) is 10.1. The molecule has 1 aliphatic heterocycles. The Morgan fingerprint density at radius 2 is 1.90 bits per heavy atom. The minimum atomic E-state index is -0.840. The number of hydrogen-bond donors (Lipinski definition) is 1. The molecule has 1 heterocycles. The zero-order chi connectivity index (χ0) is 15.3. The van der Waals surface area contributed by atoms with Crippen molar-refractivity contribution in [1.29, 1.82) is 0 Å². The fourth-order valence-corrected chi connectivity index (χ4v) is 3.47. The summed E-state index contributed by atoms with van der Waals surface area (Å²) in [7, 11) is 0. The molecule has 1 saturated carbocycles. The molecule has 0 aromatic heterocycles. The van der Waals surface area contributed by atoms with Gasteiger partial charge in [0.1, 0.15) is 0 Å². The van der Waals surface area contributed by atoms with Gasteiger partial charge in [-0.15, -0.1) is 0 Å². The number of aliphatic carboxylic acids is 1. The molecule has 1 atom stereocenters. The number of amides is 1. The van der Waals surface area contributed by atoms with Gasteiger partial charge in [0.25, 0.3) is 0 Å². The van der Waals surface area contributed by atoms with Crippen LogP contribution in [0.3, 0.4) is 0 Å². The summed E-state index contributed by atoms with van der Waals surface area (Å²) in [5.41, 5.74) is -0.840. The zero-order valence-electron chi connectivity index (χ0n) is 13.0. The van der Waals surface area contributed by atoms with Crippen molar-refractivity contribution in [2.75, 3.05) is 19.7 Å². The van der Waals surface area contributed by atoms with Crippen LogP contribution in [-0.4, -0.2) is 47.7 Å². The van der Waals surface area contributed by atoms with Crippen LogP contribution in [0.4, 0.5) is 0 Å². The molecule has 0 aromatic rings. The van der Waals surface area contributed by atoms with Gasteiger partial charge in [-0.2, -0.15) is 0 Å². The van der Waals surface area contributed by atoms with Gasteiger partial charge in [0.2, 0.25) is 5.91 Å². The highest BCUT2D eigenvalue weighted by Crippen LogP contribution is 2.39. The first-order valence-corrected chi connectivity index (χ1v) is 8.20. The fourth-order valence-electron chi connectivity index (χ4n) is 3.47. The summed E-state index contributed by atoms with van der Waals surface area (Å²) in [6.45, 7) is 3.79. The third kappa shape index (κ3) is 3.96. The maximum atomic E-state index is 12.6. The van der Waals surface area contributed by atoms with E-state index >= 15 is 0 Å². The van der Waals surface area contributed by atoms with Crippen molar-refractivity contribution in [2.24, 2.45) is 5.41 Å². The molecule has 5 heteroatoms. The van der Waals surface area contributed by atoms with Crippen LogP contribution in [0.1, 0.15) is 58.3 Å². The van der Waals surface area contributed by atoms with Gasteiger partial charge >= 0.3 is 5.97 Å². The lowest BCUT2D eigenvalue weighted by atomic mass is 9.77. The number of ether oxygens (including phenoxy) is 1. The normalized spacial score (nSPS) is 26.1. The summed E-state index contributed by atoms with van der Waals surface area (Å²) in [4.78, 5) is 26.1. The molecule has 1 N–H and O–H groups in total. The Morgan fingerprint density at radius 3 is 2.48 bits per heavy atom. The molecule has 0 radical (unpaired) electrons. The van der Waals surface area contributed by atoms with Crippen molar-refractivity contribution in [2.45, 2.75) is 64.4 Å². The van der Waals surface area contributed by atoms with E-state index in [1.807, 2.05) is 6.92 Å². The van der Waals surface area contributed by atoms with Gasteiger partial charge in [0.05, 0.1) is 18.1 Å². The molecular formula is C16H27NO4. The first-order valence-electron chi connectivity index (χ1n) is 8.20. The van der Waals surface area contributed by atoms with E-state index in [0.717, 1.165) is 32.1 Å². The quantitative estimate of drug-likeness (QED) is 0.809. The summed E-state index contributed by atoms with van der Waals surface area (Å²) in [5.74, 6) is -0.806. The lowest BCUT2D eigenvalue weighted by molar-refractivity contribution is -0.156. The second kappa shape index (κ2) is 7.25. The van der Waals surface area contributed by atoms with Crippen molar-refractivity contribution in [3.8, 4) is 0 Å². The molecule has 0 aromatic carbocycles. The van der Waals surface area contributed by atoms with Gasteiger partial charge in [0, 0.05) is 19.5 Å². The molecule has 1 aliphatic carbocycles. The van der Waals surface area contributed by atoms with Crippen LogP contribution < -0.4 is 0 Å². The summed E-state index contributed by atoms with van der Waals surface area (Å²) in [5, 5.41) is 9.66. The Morgan fingerprint density at radius 1 is 1.24 bits per heavy atom. The van der Waals surface area contributed by atoms with Gasteiger partial charge in [-0.05, 0) is 19.3 Å². The number of rotatable bonds is 4. The number of carboxylic acids is 1. The van der Waals surface area contributed by atoms with Crippen molar-refractivity contribution in [1.82, 2.24) is 4.90 Å². The lowest BCUT2D eigenvalue weighted by Gasteiger charge is -2.35. The van der Waals surface area contributed by atoms with Crippen LogP contribution in [0, 0.1) is 5.41 Å². The molecule has 0 bridgehead atoms. The Bertz CT molecular complexity index is 374. The third-order valence-corrected chi connectivity index (χ3v) is 4.95. The molecular weight excluding hydrogens is 270 g/mol. The standard InChI is InChI=1S/C16H27NO4/c1-2-13-12-17(9-10-21-13)14(18)11-16(15(19)20)7-5-3-4-6-8-16/h13H,2-12H2,1H3,(H,19,20). The lowest BCUT2D eigenvalue weighted by Crippen LogP contribution is -2.47. The monoisotopic (exact) mass is 297 g/mol. The molecule has 5 nitrogen and oxygen atoms in total. The molecule has 120 valence electrons. The number of carboxylic acid groups (broad SMARTS) is 1. The summed E-state index contributed by atoms with van der Waals surface area (Å²) in [6.07, 6.45) is 6.40. The summed E-state index contributed by atoms with van der Waals surface area (Å²) >= 11 is 0. The zero-order valence-corrected chi connectivity index (χ0v) is 13.0. The van der Waals surface area contributed by atoms with Gasteiger partial charge in [-0.1, -0.05) is 32.6 Å². The number of nitrogens with zero attached hydrogens (tertiary/aromatic N) is 1. The van der Waals surface area contributed by atoms with Gasteiger partial charge in [0.15, 0.2) is 0 Å². The Balaban J connectivity index is 2.02. The number of morpholine rings is 1. The van der Waals surface area contributed by atoms with Crippen molar-refractivity contribution in [3.05, 3.63) is 0 Å². The van der Waals surface area contributed by atoms with Gasteiger partial charge in [-0.25, -0.2) is 0 Å². The van der Waals surface area contributed by atoms with Crippen LogP contribution in [0.5, 0.6) is 0 Å². The van der Waals surface area contributed by atoms with E-state index in [9.17, 15) is 14.7 Å². The van der Waals surface area contributed by atoms with Crippen LogP contribution >= 0.6 is 0 Å². The number of carbonyl (C=O) groups is 2. The minimum absolute atomic E-state index is 0.0129. The molecule has 2 aliphatic rings. The summed E-state index contributed by atoms with van der Waals surface area (Å²) < 4.78 is 5.58. The molecule has 0 spiro atoms. The SMILES string of the molecule is CCC1CN(C(=O)CC2(C(=O)O)CCCCCC2)CCO1. The second-order valence-electron chi connectivity index (χ2n) is 6.42. The van der Waals surface area contributed by atoms with Crippen LogP contribution in [-0.2, 0) is 14.3 Å². The minimum Gasteiger partial charge on any atom is -0.481 e. The molecule has 2 rings (SSSR count). The Kier molecular flexibility index (Phi) is 5.62. The highest BCUT2D eigenvalue weighted by molar-refractivity contribution is 5.85. The van der Waals surface area contributed by atoms with E-state index in [4.69, 9.17) is 4.74 Å². The van der Waals surface area contributed by atoms with Crippen LogP contribution in [0.2, 0.25) is 0 Å². The molecule has 2 fully saturated rings. The average Bonchev–Trinajstić information content (AvgIpc) is 2.74. The third-order valence-electron chi connectivity index (χ3n) is 4.95. The molecule has 21 heavy (non-hydrogen) atoms. The highest BCUT2D eigenvalue weighted by Gasteiger charge is 2.42. The predicted octanol–water partition coefficient (Wildman–Crippen LogP) is 2.44. The maximum absolute atomic E-state index is 12.6. The number of carbonyl (C=O) groups excluding carboxylic acids is 1. The topological polar surface area (TPSA) is 66.8 Å². The maximum Gasteiger partial charge on any atom is 0.310 e. The molecule has 1 unspecified atom stereocenters. The van der Waals surface area contributed by atoms with E-state index in [1.54, 1.807) is 4.90 Å². The smallest absolute Gasteiger partial charge is 0.310 e. The van der Waals surface area contributed by atoms with E-state index in [1.165, 1.54) is 0 Å². The van der Waals surface area contributed by atoms with E-state index in [2.05, 4.69) is 0 Å². The van der Waals surface area contributed by atoms with Crippen molar-refractivity contribution in [3.63, 3.8) is 0 Å². The van der Waals surface area contributed by atoms with Crippen molar-refractivity contribution < 1.29 is 19.4 Å². The largest absolute Gasteiger partial charge is 0.481 e. The Labute approximate surface area is 126 Å². The summed E-state index contributed by atoms with van der Waals surface area (Å²) in [6, 6.07) is 0. The molecule has 1 amide bonds. The fraction of sp³-hybridized carbons (Fsp3) is 0.875. The van der Waals surface area contributed by atoms with Crippen molar-refractivity contribution >= 4 is 11.9 Å². The van der Waals surface area contributed by atoms with Crippen LogP contribution in [0.25, 0.3) is 0 Å². The van der Waals surface area contributed by atoms with E-state index < -0.39 is 11.4 Å². The second-order valence-corrected chi connectivity index (χ2v) is 6.42. The number of hydrogen-bond acceptors (Lipinski definition) is 3. The van der Waals surface area contributed by atoms with Gasteiger partial charge < -0.3 is 14.7 Å². The highest BCUT2D eigenvalue weighted by atomic mass is 16.5. The van der Waals surface area contributed by atoms with Gasteiger partial charge in [-0.3, -0.25) is 9.59 Å². The predicted molar refractivity (Wildman–Crippen MR) is 79.0 cm³/mol. The Hall–Kier alpha value is -1.10. The van der Waals surface area contributed by atoms with E-state index in [-0.39, 0.29) is 18.4 Å². The molecule has 1 saturated heterocycles. The first kappa shape index (κ1) is 16.3.